The second-order valence-corrected chi connectivity index (χ2v) is 12.0. The van der Waals surface area contributed by atoms with Gasteiger partial charge in [0.25, 0.3) is 5.91 Å². The van der Waals surface area contributed by atoms with Gasteiger partial charge in [-0.05, 0) is 79.0 Å². The van der Waals surface area contributed by atoms with Crippen LogP contribution in [0, 0.1) is 24.5 Å². The zero-order valence-corrected chi connectivity index (χ0v) is 27.7. The molecular weight excluding hydrogens is 670 g/mol. The number of amides is 1. The fourth-order valence-corrected chi connectivity index (χ4v) is 5.89. The first-order chi connectivity index (χ1) is 21.6. The molecule has 2 atom stereocenters. The minimum atomic E-state index is -0.836. The lowest BCUT2D eigenvalue weighted by Crippen LogP contribution is -2.29. The average molecular weight is 704 g/mol. The largest absolute Gasteiger partial charge is 0.494 e. The predicted molar refractivity (Wildman–Crippen MR) is 174 cm³/mol. The standard InChI is InChI=1S/C31H27BrClF2N3O3.CH5N.CH2O/c1-14-13-41-30-19(14)10-26(38-29(30)20-9-23(33)25(35)11-24(20)34)21(16-4-5-16)12-36-31(39)18-6-17-7-22(32)15(2)37-28(17)27(8-18)40-3;2*1-2/h6-11,14,16,21H,4-5,12-13H2,1-3H3,(H,36,39);2H2,1H3;1H2. The molecule has 2 aliphatic rings. The molecule has 1 saturated carbocycles. The van der Waals surface area contributed by atoms with Gasteiger partial charge in [-0.3, -0.25) is 4.79 Å². The number of pyridine rings is 2. The van der Waals surface area contributed by atoms with Crippen molar-refractivity contribution in [3.8, 4) is 22.8 Å². The van der Waals surface area contributed by atoms with Gasteiger partial charge in [-0.1, -0.05) is 18.5 Å². The van der Waals surface area contributed by atoms with Crippen LogP contribution in [0.2, 0.25) is 5.02 Å². The van der Waals surface area contributed by atoms with Crippen LogP contribution in [0.15, 0.2) is 40.9 Å². The van der Waals surface area contributed by atoms with Gasteiger partial charge in [0.05, 0.1) is 24.4 Å². The van der Waals surface area contributed by atoms with Crippen molar-refractivity contribution in [3.63, 3.8) is 0 Å². The first-order valence-electron chi connectivity index (χ1n) is 14.3. The first kappa shape index (κ1) is 34.2. The zero-order chi connectivity index (χ0) is 33.0. The number of halogens is 4. The van der Waals surface area contributed by atoms with E-state index in [9.17, 15) is 13.6 Å². The highest BCUT2D eigenvalue weighted by atomic mass is 79.9. The van der Waals surface area contributed by atoms with Crippen molar-refractivity contribution < 1.29 is 27.8 Å². The summed E-state index contributed by atoms with van der Waals surface area (Å²) in [6.07, 6.45) is 2.00. The van der Waals surface area contributed by atoms with Crippen molar-refractivity contribution in [2.24, 2.45) is 11.7 Å². The van der Waals surface area contributed by atoms with Gasteiger partial charge >= 0.3 is 0 Å². The van der Waals surface area contributed by atoms with E-state index in [2.05, 4.69) is 32.0 Å². The number of hydrogen-bond acceptors (Lipinski definition) is 7. The SMILES string of the molecule is C=O.CN.COc1cc(C(=O)NCC(c2cc3c(c(-c4cc(Cl)c(F)cc4F)n2)OCC3C)C2CC2)cc2cc(Br)c(C)nc12. The van der Waals surface area contributed by atoms with Crippen LogP contribution in [0.1, 0.15) is 58.9 Å². The van der Waals surface area contributed by atoms with Crippen LogP contribution < -0.4 is 20.5 Å². The summed E-state index contributed by atoms with van der Waals surface area (Å²) in [5.74, 6) is -0.558. The molecule has 3 N–H and O–H groups in total. The zero-order valence-electron chi connectivity index (χ0n) is 25.3. The Morgan fingerprint density at radius 1 is 1.16 bits per heavy atom. The summed E-state index contributed by atoms with van der Waals surface area (Å²) in [5.41, 5.74) is 8.48. The van der Waals surface area contributed by atoms with E-state index in [1.54, 1.807) is 19.2 Å². The van der Waals surface area contributed by atoms with Crippen molar-refractivity contribution in [1.29, 1.82) is 0 Å². The minimum Gasteiger partial charge on any atom is -0.494 e. The fraction of sp³-hybridized carbons (Fsp3) is 0.333. The molecule has 2 aromatic heterocycles. The number of nitrogens with one attached hydrogen (secondary N) is 1. The molecular formula is C33H34BrClF2N4O4. The first-order valence-corrected chi connectivity index (χ1v) is 15.4. The minimum absolute atomic E-state index is 0.0700. The van der Waals surface area contributed by atoms with Gasteiger partial charge in [0.1, 0.15) is 41.1 Å². The summed E-state index contributed by atoms with van der Waals surface area (Å²) >= 11 is 9.54. The average Bonchev–Trinajstić information content (AvgIpc) is 3.82. The van der Waals surface area contributed by atoms with Crippen LogP contribution in [0.25, 0.3) is 22.2 Å². The van der Waals surface area contributed by atoms with E-state index < -0.39 is 11.6 Å². The summed E-state index contributed by atoms with van der Waals surface area (Å²) in [5, 5.41) is 3.67. The number of aryl methyl sites for hydroxylation is 1. The maximum Gasteiger partial charge on any atom is 0.251 e. The number of aromatic nitrogens is 2. The van der Waals surface area contributed by atoms with E-state index in [-0.39, 0.29) is 28.3 Å². The third-order valence-electron chi connectivity index (χ3n) is 7.84. The number of benzene rings is 2. The third kappa shape index (κ3) is 7.10. The predicted octanol–water partition coefficient (Wildman–Crippen LogP) is 7.12. The molecule has 45 heavy (non-hydrogen) atoms. The smallest absolute Gasteiger partial charge is 0.251 e. The van der Waals surface area contributed by atoms with Gasteiger partial charge in [-0.15, -0.1) is 0 Å². The van der Waals surface area contributed by atoms with Crippen LogP contribution in [0.5, 0.6) is 11.5 Å². The van der Waals surface area contributed by atoms with Crippen LogP contribution in [-0.4, -0.2) is 50.0 Å². The van der Waals surface area contributed by atoms with Crippen molar-refractivity contribution in [1.82, 2.24) is 15.3 Å². The number of carbonyl (C=O) groups is 2. The van der Waals surface area contributed by atoms with Crippen LogP contribution >= 0.6 is 27.5 Å². The van der Waals surface area contributed by atoms with E-state index >= 15 is 0 Å². The number of carbonyl (C=O) groups excluding carboxylic acids is 2. The quantitative estimate of drug-likeness (QED) is 0.197. The highest BCUT2D eigenvalue weighted by Crippen LogP contribution is 2.47. The highest BCUT2D eigenvalue weighted by molar-refractivity contribution is 9.10. The Labute approximate surface area is 273 Å². The molecule has 0 radical (unpaired) electrons. The molecule has 8 nitrogen and oxygen atoms in total. The summed E-state index contributed by atoms with van der Waals surface area (Å²) in [7, 11) is 3.05. The van der Waals surface area contributed by atoms with Crippen LogP contribution in [-0.2, 0) is 4.79 Å². The number of methoxy groups -OCH3 is 1. The Morgan fingerprint density at radius 2 is 1.87 bits per heavy atom. The molecule has 0 spiro atoms. The molecule has 2 aromatic carbocycles. The van der Waals surface area contributed by atoms with Crippen molar-refractivity contribution >= 4 is 51.1 Å². The summed E-state index contributed by atoms with van der Waals surface area (Å²) < 4.78 is 41.2. The maximum absolute atomic E-state index is 15.0. The molecule has 12 heteroatoms. The van der Waals surface area contributed by atoms with E-state index in [4.69, 9.17) is 30.9 Å². The maximum atomic E-state index is 15.0. The van der Waals surface area contributed by atoms with Gasteiger partial charge in [0.15, 0.2) is 0 Å². The van der Waals surface area contributed by atoms with Gasteiger partial charge < -0.3 is 25.3 Å². The summed E-state index contributed by atoms with van der Waals surface area (Å²) in [6.45, 7) is 6.70. The molecule has 6 rings (SSSR count). The third-order valence-corrected chi connectivity index (χ3v) is 8.93. The molecule has 1 aliphatic heterocycles. The highest BCUT2D eigenvalue weighted by Gasteiger charge is 2.36. The Kier molecular flexibility index (Phi) is 11.1. The van der Waals surface area contributed by atoms with E-state index in [1.165, 1.54) is 13.1 Å². The number of rotatable bonds is 7. The molecule has 4 aromatic rings. The van der Waals surface area contributed by atoms with E-state index in [0.29, 0.717) is 47.3 Å². The van der Waals surface area contributed by atoms with E-state index in [0.717, 1.165) is 45.7 Å². The molecule has 1 fully saturated rings. The Balaban J connectivity index is 0.00000111. The van der Waals surface area contributed by atoms with E-state index in [1.807, 2.05) is 32.8 Å². The van der Waals surface area contributed by atoms with Gasteiger partial charge in [0.2, 0.25) is 0 Å². The molecule has 1 aliphatic carbocycles. The Bertz CT molecular complexity index is 1740. The monoisotopic (exact) mass is 702 g/mol. The molecule has 1 amide bonds. The number of ether oxygens (including phenoxy) is 2. The molecule has 0 bridgehead atoms. The Morgan fingerprint density at radius 3 is 2.53 bits per heavy atom. The van der Waals surface area contributed by atoms with Crippen molar-refractivity contribution in [3.05, 3.63) is 80.0 Å². The molecule has 0 saturated heterocycles. The normalized spacial score (nSPS) is 15.5. The second-order valence-electron chi connectivity index (χ2n) is 10.7. The lowest BCUT2D eigenvalue weighted by Gasteiger charge is -2.20. The van der Waals surface area contributed by atoms with Gasteiger partial charge in [-0.25, -0.2) is 18.7 Å². The summed E-state index contributed by atoms with van der Waals surface area (Å²) in [4.78, 5) is 30.8. The topological polar surface area (TPSA) is 116 Å². The second kappa shape index (κ2) is 14.6. The van der Waals surface area contributed by atoms with Crippen molar-refractivity contribution in [2.45, 2.75) is 38.5 Å². The Hall–Kier alpha value is -3.67. The fourth-order valence-electron chi connectivity index (χ4n) is 5.39. The van der Waals surface area contributed by atoms with Gasteiger partial charge in [-0.2, -0.15) is 0 Å². The number of nitrogens with two attached hydrogens (primary N) is 1. The number of hydrogen-bond donors (Lipinski definition) is 2. The lowest BCUT2D eigenvalue weighted by atomic mass is 9.93. The summed E-state index contributed by atoms with van der Waals surface area (Å²) in [6, 6.07) is 9.42. The molecule has 238 valence electrons. The van der Waals surface area contributed by atoms with Crippen LogP contribution in [0.4, 0.5) is 8.78 Å². The van der Waals surface area contributed by atoms with Crippen molar-refractivity contribution in [2.75, 3.05) is 27.3 Å². The number of fused-ring (bicyclic) bond motifs is 2. The van der Waals surface area contributed by atoms with Gasteiger partial charge in [0, 0.05) is 56.7 Å². The lowest BCUT2D eigenvalue weighted by molar-refractivity contribution is -0.0980. The molecule has 2 unspecified atom stereocenters. The number of nitrogens with zero attached hydrogens (tertiary/aromatic N) is 2. The molecule has 3 heterocycles. The van der Waals surface area contributed by atoms with Crippen LogP contribution in [0.3, 0.4) is 0 Å².